The van der Waals surface area contributed by atoms with Gasteiger partial charge in [0.25, 0.3) is 0 Å². The summed E-state index contributed by atoms with van der Waals surface area (Å²) in [4.78, 5) is 4.73. The van der Waals surface area contributed by atoms with Crippen molar-refractivity contribution in [2.75, 3.05) is 6.54 Å². The lowest BCUT2D eigenvalue weighted by atomic mass is 9.90. The van der Waals surface area contributed by atoms with E-state index in [-0.39, 0.29) is 0 Å². The van der Waals surface area contributed by atoms with Crippen LogP contribution >= 0.6 is 0 Å². The maximum Gasteiger partial charge on any atom is 0.0721 e. The lowest BCUT2D eigenvalue weighted by molar-refractivity contribution is 0.939. The normalized spacial score (nSPS) is 14.0. The molecular formula is C17H17N. The van der Waals surface area contributed by atoms with Gasteiger partial charge in [0.2, 0.25) is 0 Å². The molecule has 1 nitrogen and oxygen atoms in total. The Balaban J connectivity index is 2.16. The number of fused-ring (bicyclic) bond motifs is 1. The van der Waals surface area contributed by atoms with Crippen LogP contribution in [0.3, 0.4) is 0 Å². The van der Waals surface area contributed by atoms with E-state index in [2.05, 4.69) is 50.2 Å². The van der Waals surface area contributed by atoms with E-state index in [1.54, 1.807) is 0 Å². The summed E-state index contributed by atoms with van der Waals surface area (Å²) < 4.78 is 0. The van der Waals surface area contributed by atoms with Gasteiger partial charge < -0.3 is 0 Å². The minimum Gasteiger partial charge on any atom is -0.284 e. The van der Waals surface area contributed by atoms with E-state index in [9.17, 15) is 0 Å². The SMILES string of the molecule is Cc1cc2c(cc1C)C(c1ccccc1)=NCC2. The van der Waals surface area contributed by atoms with Crippen molar-refractivity contribution in [2.24, 2.45) is 4.99 Å². The quantitative estimate of drug-likeness (QED) is 0.714. The van der Waals surface area contributed by atoms with E-state index in [4.69, 9.17) is 4.99 Å². The first kappa shape index (κ1) is 11.2. The molecule has 0 unspecified atom stereocenters. The average molecular weight is 235 g/mol. The Morgan fingerprint density at radius 2 is 1.67 bits per heavy atom. The van der Waals surface area contributed by atoms with Gasteiger partial charge in [0.15, 0.2) is 0 Å². The van der Waals surface area contributed by atoms with Gasteiger partial charge in [-0.3, -0.25) is 4.99 Å². The average Bonchev–Trinajstić information content (AvgIpc) is 2.40. The highest BCUT2D eigenvalue weighted by molar-refractivity contribution is 6.14. The van der Waals surface area contributed by atoms with E-state index < -0.39 is 0 Å². The fourth-order valence-electron chi connectivity index (χ4n) is 2.52. The molecule has 0 radical (unpaired) electrons. The second-order valence-electron chi connectivity index (χ2n) is 4.94. The summed E-state index contributed by atoms with van der Waals surface area (Å²) in [5.41, 5.74) is 7.85. The van der Waals surface area contributed by atoms with Crippen LogP contribution in [0.25, 0.3) is 0 Å². The number of hydrogen-bond donors (Lipinski definition) is 0. The first-order valence-corrected chi connectivity index (χ1v) is 6.46. The summed E-state index contributed by atoms with van der Waals surface area (Å²) in [6, 6.07) is 15.1. The Labute approximate surface area is 108 Å². The van der Waals surface area contributed by atoms with Crippen molar-refractivity contribution in [3.63, 3.8) is 0 Å². The highest BCUT2D eigenvalue weighted by Crippen LogP contribution is 2.23. The molecule has 1 heterocycles. The van der Waals surface area contributed by atoms with Crippen LogP contribution in [0, 0.1) is 13.8 Å². The molecule has 1 aliphatic rings. The van der Waals surface area contributed by atoms with Crippen LogP contribution in [0.5, 0.6) is 0 Å². The Morgan fingerprint density at radius 1 is 0.944 bits per heavy atom. The van der Waals surface area contributed by atoms with Gasteiger partial charge in [0.1, 0.15) is 0 Å². The first-order valence-electron chi connectivity index (χ1n) is 6.46. The van der Waals surface area contributed by atoms with Gasteiger partial charge in [-0.15, -0.1) is 0 Å². The van der Waals surface area contributed by atoms with Crippen LogP contribution in [0.4, 0.5) is 0 Å². The zero-order chi connectivity index (χ0) is 12.5. The summed E-state index contributed by atoms with van der Waals surface area (Å²) in [5.74, 6) is 0. The van der Waals surface area contributed by atoms with Crippen molar-refractivity contribution in [2.45, 2.75) is 20.3 Å². The lowest BCUT2D eigenvalue weighted by Crippen LogP contribution is -2.14. The molecule has 0 spiro atoms. The van der Waals surface area contributed by atoms with E-state index in [1.807, 2.05) is 6.07 Å². The van der Waals surface area contributed by atoms with Gasteiger partial charge in [0.05, 0.1) is 5.71 Å². The summed E-state index contributed by atoms with van der Waals surface area (Å²) >= 11 is 0. The molecule has 0 atom stereocenters. The molecule has 0 saturated carbocycles. The van der Waals surface area contributed by atoms with Crippen molar-refractivity contribution in [1.29, 1.82) is 0 Å². The van der Waals surface area contributed by atoms with Crippen LogP contribution in [0.2, 0.25) is 0 Å². The van der Waals surface area contributed by atoms with Gasteiger partial charge in [-0.2, -0.15) is 0 Å². The molecule has 90 valence electrons. The molecule has 0 amide bonds. The zero-order valence-corrected chi connectivity index (χ0v) is 10.9. The highest BCUT2D eigenvalue weighted by atomic mass is 14.7. The third-order valence-electron chi connectivity index (χ3n) is 3.67. The number of aryl methyl sites for hydroxylation is 2. The second-order valence-corrected chi connectivity index (χ2v) is 4.94. The molecule has 2 aromatic rings. The maximum atomic E-state index is 4.73. The van der Waals surface area contributed by atoms with Crippen LogP contribution in [0.1, 0.15) is 27.8 Å². The molecule has 0 aromatic heterocycles. The summed E-state index contributed by atoms with van der Waals surface area (Å²) in [7, 11) is 0. The number of benzene rings is 2. The van der Waals surface area contributed by atoms with Gasteiger partial charge in [-0.25, -0.2) is 0 Å². The summed E-state index contributed by atoms with van der Waals surface area (Å²) in [6.07, 6.45) is 1.06. The third-order valence-corrected chi connectivity index (χ3v) is 3.67. The smallest absolute Gasteiger partial charge is 0.0721 e. The van der Waals surface area contributed by atoms with Crippen molar-refractivity contribution < 1.29 is 0 Å². The molecule has 0 aliphatic carbocycles. The minimum absolute atomic E-state index is 0.903. The standard InChI is InChI=1S/C17H17N/c1-12-10-15-8-9-18-17(16(15)11-13(12)2)14-6-4-3-5-7-14/h3-7,10-11H,8-9H2,1-2H3. The molecule has 0 bridgehead atoms. The largest absolute Gasteiger partial charge is 0.284 e. The minimum atomic E-state index is 0.903. The van der Waals surface area contributed by atoms with Crippen LogP contribution < -0.4 is 0 Å². The Bertz CT molecular complexity index is 609. The molecule has 1 heteroatoms. The first-order chi connectivity index (χ1) is 8.75. The number of hydrogen-bond acceptors (Lipinski definition) is 1. The topological polar surface area (TPSA) is 12.4 Å². The highest BCUT2D eigenvalue weighted by Gasteiger charge is 2.16. The molecule has 18 heavy (non-hydrogen) atoms. The van der Waals surface area contributed by atoms with Gasteiger partial charge in [-0.1, -0.05) is 36.4 Å². The fourth-order valence-corrected chi connectivity index (χ4v) is 2.52. The fraction of sp³-hybridized carbons (Fsp3) is 0.235. The van der Waals surface area contributed by atoms with Crippen molar-refractivity contribution in [1.82, 2.24) is 0 Å². The molecule has 3 rings (SSSR count). The molecular weight excluding hydrogens is 218 g/mol. The third kappa shape index (κ3) is 1.86. The summed E-state index contributed by atoms with van der Waals surface area (Å²) in [5, 5.41) is 0. The molecule has 0 N–H and O–H groups in total. The molecule has 2 aromatic carbocycles. The van der Waals surface area contributed by atoms with Crippen molar-refractivity contribution in [3.8, 4) is 0 Å². The predicted molar refractivity (Wildman–Crippen MR) is 76.6 cm³/mol. The van der Waals surface area contributed by atoms with Crippen LogP contribution in [0.15, 0.2) is 47.5 Å². The Kier molecular flexibility index (Phi) is 2.75. The molecule has 0 fully saturated rings. The van der Waals surface area contributed by atoms with Crippen LogP contribution in [-0.4, -0.2) is 12.3 Å². The maximum absolute atomic E-state index is 4.73. The van der Waals surface area contributed by atoms with Gasteiger partial charge >= 0.3 is 0 Å². The van der Waals surface area contributed by atoms with E-state index in [1.165, 1.54) is 27.8 Å². The Morgan fingerprint density at radius 3 is 2.44 bits per heavy atom. The Hall–Kier alpha value is -1.89. The zero-order valence-electron chi connectivity index (χ0n) is 10.9. The number of aliphatic imine (C=N–C) groups is 1. The summed E-state index contributed by atoms with van der Waals surface area (Å²) in [6.45, 7) is 5.26. The van der Waals surface area contributed by atoms with Crippen molar-refractivity contribution >= 4 is 5.71 Å². The monoisotopic (exact) mass is 235 g/mol. The number of rotatable bonds is 1. The van der Waals surface area contributed by atoms with Gasteiger partial charge in [0, 0.05) is 17.7 Å². The second kappa shape index (κ2) is 4.41. The van der Waals surface area contributed by atoms with E-state index >= 15 is 0 Å². The lowest BCUT2D eigenvalue weighted by Gasteiger charge is -2.19. The van der Waals surface area contributed by atoms with Crippen LogP contribution in [-0.2, 0) is 6.42 Å². The van der Waals surface area contributed by atoms with E-state index in [0.29, 0.717) is 0 Å². The van der Waals surface area contributed by atoms with E-state index in [0.717, 1.165) is 18.7 Å². The van der Waals surface area contributed by atoms with Crippen molar-refractivity contribution in [3.05, 3.63) is 70.3 Å². The number of nitrogens with zero attached hydrogens (tertiary/aromatic N) is 1. The predicted octanol–water partition coefficient (Wildman–Crippen LogP) is 3.70. The van der Waals surface area contributed by atoms with Gasteiger partial charge in [-0.05, 0) is 43.0 Å². The molecule has 0 saturated heterocycles. The molecule has 1 aliphatic heterocycles.